The van der Waals surface area contributed by atoms with Crippen molar-refractivity contribution in [3.63, 3.8) is 0 Å². The highest BCUT2D eigenvalue weighted by atomic mass is 15.3. The first-order chi connectivity index (χ1) is 9.69. The zero-order valence-electron chi connectivity index (χ0n) is 11.2. The molecule has 0 aliphatic heterocycles. The van der Waals surface area contributed by atoms with E-state index in [0.29, 0.717) is 18.2 Å². The number of anilines is 1. The molecule has 0 radical (unpaired) electrons. The van der Waals surface area contributed by atoms with Gasteiger partial charge in [-0.1, -0.05) is 24.3 Å². The minimum Gasteiger partial charge on any atom is -0.383 e. The number of fused-ring (bicyclic) bond motifs is 1. The Morgan fingerprint density at radius 1 is 1.15 bits per heavy atom. The molecule has 3 aromatic rings. The lowest BCUT2D eigenvalue weighted by Crippen LogP contribution is -2.02. The third-order valence-electron chi connectivity index (χ3n) is 3.27. The second-order valence-electron chi connectivity index (χ2n) is 4.67. The van der Waals surface area contributed by atoms with Crippen molar-refractivity contribution in [1.82, 2.24) is 19.7 Å². The van der Waals surface area contributed by atoms with Gasteiger partial charge in [0.1, 0.15) is 5.82 Å². The molecule has 2 heterocycles. The van der Waals surface area contributed by atoms with Gasteiger partial charge in [0, 0.05) is 12.6 Å². The normalized spacial score (nSPS) is 11.1. The molecule has 1 aromatic carbocycles. The fourth-order valence-electron chi connectivity index (χ4n) is 2.16. The summed E-state index contributed by atoms with van der Waals surface area (Å²) in [6.45, 7) is 0.643. The average Bonchev–Trinajstić information content (AvgIpc) is 2.82. The van der Waals surface area contributed by atoms with Gasteiger partial charge in [-0.15, -0.1) is 0 Å². The zero-order valence-corrected chi connectivity index (χ0v) is 11.2. The van der Waals surface area contributed by atoms with Crippen molar-refractivity contribution in [2.45, 2.75) is 6.42 Å². The first-order valence-corrected chi connectivity index (χ1v) is 6.43. The molecule has 0 aliphatic rings. The Labute approximate surface area is 116 Å². The van der Waals surface area contributed by atoms with Crippen molar-refractivity contribution >= 4 is 16.9 Å². The highest BCUT2D eigenvalue weighted by Gasteiger charge is 2.10. The molecule has 0 unspecified atom stereocenters. The largest absolute Gasteiger partial charge is 0.383 e. The minimum absolute atomic E-state index is 0.448. The number of aromatic nitrogens is 4. The molecule has 0 atom stereocenters. The van der Waals surface area contributed by atoms with Crippen molar-refractivity contribution in [1.29, 1.82) is 0 Å². The van der Waals surface area contributed by atoms with Crippen LogP contribution in [0, 0.1) is 0 Å². The molecule has 6 heteroatoms. The SMILES string of the molecule is Cn1ncc2c(N)nc(-c3ccc(CCN)cc3)nc21. The Morgan fingerprint density at radius 2 is 1.90 bits per heavy atom. The summed E-state index contributed by atoms with van der Waals surface area (Å²) in [5.41, 5.74) is 14.4. The third-order valence-corrected chi connectivity index (χ3v) is 3.27. The summed E-state index contributed by atoms with van der Waals surface area (Å²) in [6.07, 6.45) is 2.54. The zero-order chi connectivity index (χ0) is 14.1. The van der Waals surface area contributed by atoms with Crippen LogP contribution in [0.15, 0.2) is 30.5 Å². The Hall–Kier alpha value is -2.47. The molecule has 0 spiro atoms. The standard InChI is InChI=1S/C14H16N6/c1-20-14-11(8-17-20)12(16)18-13(19-14)10-4-2-9(3-5-10)6-7-15/h2-5,8H,6-7,15H2,1H3,(H2,16,18,19). The lowest BCUT2D eigenvalue weighted by molar-refractivity contribution is 0.786. The average molecular weight is 268 g/mol. The summed E-state index contributed by atoms with van der Waals surface area (Å²) >= 11 is 0. The second-order valence-corrected chi connectivity index (χ2v) is 4.67. The van der Waals surface area contributed by atoms with Crippen LogP contribution in [0.25, 0.3) is 22.4 Å². The number of rotatable bonds is 3. The highest BCUT2D eigenvalue weighted by molar-refractivity contribution is 5.86. The number of nitrogens with two attached hydrogens (primary N) is 2. The van der Waals surface area contributed by atoms with Gasteiger partial charge in [-0.05, 0) is 18.5 Å². The molecule has 0 amide bonds. The molecule has 0 saturated heterocycles. The molecule has 0 bridgehead atoms. The topological polar surface area (TPSA) is 95.6 Å². The second kappa shape index (κ2) is 4.90. The molecule has 2 aromatic heterocycles. The quantitative estimate of drug-likeness (QED) is 0.742. The molecular weight excluding hydrogens is 252 g/mol. The Balaban J connectivity index is 2.07. The number of hydrogen-bond acceptors (Lipinski definition) is 5. The van der Waals surface area contributed by atoms with E-state index < -0.39 is 0 Å². The van der Waals surface area contributed by atoms with Crippen molar-refractivity contribution in [2.24, 2.45) is 12.8 Å². The van der Waals surface area contributed by atoms with Crippen LogP contribution in [-0.4, -0.2) is 26.3 Å². The molecular formula is C14H16N6. The molecule has 102 valence electrons. The number of nitrogen functional groups attached to an aromatic ring is 1. The molecule has 6 nitrogen and oxygen atoms in total. The monoisotopic (exact) mass is 268 g/mol. The maximum atomic E-state index is 5.96. The van der Waals surface area contributed by atoms with Crippen molar-refractivity contribution in [3.8, 4) is 11.4 Å². The third kappa shape index (κ3) is 2.10. The number of benzene rings is 1. The Kier molecular flexibility index (Phi) is 3.08. The van der Waals surface area contributed by atoms with Gasteiger partial charge in [-0.2, -0.15) is 5.10 Å². The fourth-order valence-corrected chi connectivity index (χ4v) is 2.16. The van der Waals surface area contributed by atoms with E-state index in [9.17, 15) is 0 Å². The summed E-state index contributed by atoms with van der Waals surface area (Å²) in [5, 5.41) is 4.92. The summed E-state index contributed by atoms with van der Waals surface area (Å²) in [6, 6.07) is 8.05. The fraction of sp³-hybridized carbons (Fsp3) is 0.214. The lowest BCUT2D eigenvalue weighted by atomic mass is 10.1. The van der Waals surface area contributed by atoms with E-state index in [-0.39, 0.29) is 0 Å². The van der Waals surface area contributed by atoms with Crippen LogP contribution in [-0.2, 0) is 13.5 Å². The van der Waals surface area contributed by atoms with Gasteiger partial charge in [-0.3, -0.25) is 4.68 Å². The molecule has 0 fully saturated rings. The number of aryl methyl sites for hydroxylation is 1. The summed E-state index contributed by atoms with van der Waals surface area (Å²) in [7, 11) is 1.84. The van der Waals surface area contributed by atoms with Crippen molar-refractivity contribution in [3.05, 3.63) is 36.0 Å². The van der Waals surface area contributed by atoms with Gasteiger partial charge < -0.3 is 11.5 Å². The number of nitrogens with zero attached hydrogens (tertiary/aromatic N) is 4. The summed E-state index contributed by atoms with van der Waals surface area (Å²) in [4.78, 5) is 8.88. The first kappa shape index (κ1) is 12.6. The van der Waals surface area contributed by atoms with Crippen LogP contribution in [0.3, 0.4) is 0 Å². The van der Waals surface area contributed by atoms with Crippen LogP contribution in [0.4, 0.5) is 5.82 Å². The van der Waals surface area contributed by atoms with Crippen LogP contribution in [0.5, 0.6) is 0 Å². The van der Waals surface area contributed by atoms with Crippen molar-refractivity contribution in [2.75, 3.05) is 12.3 Å². The number of hydrogen-bond donors (Lipinski definition) is 2. The van der Waals surface area contributed by atoms with Crippen LogP contribution >= 0.6 is 0 Å². The van der Waals surface area contributed by atoms with E-state index in [1.54, 1.807) is 10.9 Å². The minimum atomic E-state index is 0.448. The van der Waals surface area contributed by atoms with Crippen LogP contribution in [0.2, 0.25) is 0 Å². The van der Waals surface area contributed by atoms with Gasteiger partial charge in [0.05, 0.1) is 11.6 Å². The van der Waals surface area contributed by atoms with Crippen molar-refractivity contribution < 1.29 is 0 Å². The van der Waals surface area contributed by atoms with E-state index in [2.05, 4.69) is 15.1 Å². The van der Waals surface area contributed by atoms with Gasteiger partial charge in [-0.25, -0.2) is 9.97 Å². The van der Waals surface area contributed by atoms with E-state index in [1.165, 1.54) is 5.56 Å². The Bertz CT molecular complexity index is 744. The van der Waals surface area contributed by atoms with Gasteiger partial charge in [0.25, 0.3) is 0 Å². The molecule has 0 saturated carbocycles. The van der Waals surface area contributed by atoms with E-state index in [1.807, 2.05) is 31.3 Å². The van der Waals surface area contributed by atoms with Crippen LogP contribution < -0.4 is 11.5 Å². The Morgan fingerprint density at radius 3 is 2.60 bits per heavy atom. The van der Waals surface area contributed by atoms with Gasteiger partial charge in [0.2, 0.25) is 0 Å². The summed E-state index contributed by atoms with van der Waals surface area (Å²) in [5.74, 6) is 1.06. The maximum absolute atomic E-state index is 5.96. The molecule has 20 heavy (non-hydrogen) atoms. The van der Waals surface area contributed by atoms with E-state index in [4.69, 9.17) is 11.5 Å². The highest BCUT2D eigenvalue weighted by Crippen LogP contribution is 2.22. The van der Waals surface area contributed by atoms with E-state index >= 15 is 0 Å². The molecule has 3 rings (SSSR count). The summed E-state index contributed by atoms with van der Waals surface area (Å²) < 4.78 is 1.69. The molecule has 4 N–H and O–H groups in total. The van der Waals surface area contributed by atoms with Gasteiger partial charge in [0.15, 0.2) is 11.5 Å². The molecule has 0 aliphatic carbocycles. The first-order valence-electron chi connectivity index (χ1n) is 6.43. The lowest BCUT2D eigenvalue weighted by Gasteiger charge is -2.05. The smallest absolute Gasteiger partial charge is 0.163 e. The van der Waals surface area contributed by atoms with Crippen LogP contribution in [0.1, 0.15) is 5.56 Å². The van der Waals surface area contributed by atoms with E-state index in [0.717, 1.165) is 23.0 Å². The van der Waals surface area contributed by atoms with Gasteiger partial charge >= 0.3 is 0 Å². The predicted octanol–water partition coefficient (Wildman–Crippen LogP) is 1.11. The predicted molar refractivity (Wildman–Crippen MR) is 78.9 cm³/mol. The maximum Gasteiger partial charge on any atom is 0.163 e.